The van der Waals surface area contributed by atoms with E-state index in [1.807, 2.05) is 0 Å². The van der Waals surface area contributed by atoms with Gasteiger partial charge in [0.05, 0.1) is 14.3 Å². The molecule has 1 heterocycles. The maximum Gasteiger partial charge on any atom is 0.283 e. The van der Waals surface area contributed by atoms with Crippen molar-refractivity contribution in [3.63, 3.8) is 0 Å². The van der Waals surface area contributed by atoms with Crippen molar-refractivity contribution in [2.45, 2.75) is 23.8 Å². The van der Waals surface area contributed by atoms with Crippen LogP contribution in [-0.4, -0.2) is 36.8 Å². The molecular weight excluding hydrogens is 350 g/mol. The Labute approximate surface area is 125 Å². The fourth-order valence-corrected chi connectivity index (χ4v) is 4.70. The average molecular weight is 364 g/mol. The van der Waals surface area contributed by atoms with Crippen LogP contribution in [0.1, 0.15) is 12.8 Å². The third-order valence-electron chi connectivity index (χ3n) is 3.32. The van der Waals surface area contributed by atoms with Gasteiger partial charge < -0.3 is 5.73 Å². The maximum atomic E-state index is 12.5. The van der Waals surface area contributed by atoms with Crippen LogP contribution in [0.4, 0.5) is 5.69 Å². The highest BCUT2D eigenvalue weighted by Crippen LogP contribution is 2.31. The molecule has 2 rings (SSSR count). The normalized spacial score (nSPS) is 20.2. The minimum atomic E-state index is -3.66. The van der Waals surface area contributed by atoms with Crippen LogP contribution >= 0.6 is 15.9 Å². The zero-order valence-corrected chi connectivity index (χ0v) is 12.9. The van der Waals surface area contributed by atoms with E-state index in [-0.39, 0.29) is 27.6 Å². The molecule has 0 radical (unpaired) electrons. The molecule has 110 valence electrons. The van der Waals surface area contributed by atoms with Gasteiger partial charge in [0, 0.05) is 25.2 Å². The first kappa shape index (κ1) is 15.4. The van der Waals surface area contributed by atoms with Crippen LogP contribution in [0.25, 0.3) is 0 Å². The van der Waals surface area contributed by atoms with Crippen molar-refractivity contribution in [3.8, 4) is 0 Å². The molecule has 2 N–H and O–H groups in total. The van der Waals surface area contributed by atoms with Gasteiger partial charge in [0.1, 0.15) is 0 Å². The second kappa shape index (κ2) is 5.76. The van der Waals surface area contributed by atoms with Gasteiger partial charge in [0.25, 0.3) is 5.69 Å². The Morgan fingerprint density at radius 1 is 1.50 bits per heavy atom. The van der Waals surface area contributed by atoms with Crippen molar-refractivity contribution in [2.24, 2.45) is 5.73 Å². The smallest absolute Gasteiger partial charge is 0.283 e. The molecular formula is C11H14BrN3O4S. The molecule has 0 spiro atoms. The number of benzene rings is 1. The number of hydrogen-bond acceptors (Lipinski definition) is 5. The number of rotatable bonds is 4. The SMILES string of the molecule is NCC1CCCN1S(=O)(=O)c1ccc([N+](=O)[O-])c(Br)c1. The van der Waals surface area contributed by atoms with E-state index in [4.69, 9.17) is 5.73 Å². The minimum Gasteiger partial charge on any atom is -0.329 e. The molecule has 0 aromatic heterocycles. The standard InChI is InChI=1S/C11H14BrN3O4S/c12-10-6-9(3-4-11(10)15(16)17)20(18,19)14-5-1-2-8(14)7-13/h3-4,6,8H,1-2,5,7,13H2. The van der Waals surface area contributed by atoms with Gasteiger partial charge >= 0.3 is 0 Å². The maximum absolute atomic E-state index is 12.5. The Kier molecular flexibility index (Phi) is 4.43. The monoisotopic (exact) mass is 363 g/mol. The molecule has 1 aliphatic rings. The quantitative estimate of drug-likeness (QED) is 0.643. The van der Waals surface area contributed by atoms with Crippen molar-refractivity contribution >= 4 is 31.6 Å². The zero-order chi connectivity index (χ0) is 14.9. The molecule has 1 aromatic carbocycles. The summed E-state index contributed by atoms with van der Waals surface area (Å²) in [6, 6.07) is 3.50. The molecule has 1 aromatic rings. The fraction of sp³-hybridized carbons (Fsp3) is 0.455. The lowest BCUT2D eigenvalue weighted by molar-refractivity contribution is -0.385. The zero-order valence-electron chi connectivity index (χ0n) is 10.5. The highest BCUT2D eigenvalue weighted by molar-refractivity contribution is 9.10. The molecule has 1 atom stereocenters. The Morgan fingerprint density at radius 2 is 2.20 bits per heavy atom. The predicted molar refractivity (Wildman–Crippen MR) is 76.8 cm³/mol. The van der Waals surface area contributed by atoms with E-state index in [0.717, 1.165) is 12.8 Å². The molecule has 1 unspecified atom stereocenters. The summed E-state index contributed by atoms with van der Waals surface area (Å²) in [5.74, 6) is 0. The first-order valence-corrected chi connectivity index (χ1v) is 8.27. The Hall–Kier alpha value is -1.03. The first-order valence-electron chi connectivity index (χ1n) is 6.03. The number of hydrogen-bond donors (Lipinski definition) is 1. The summed E-state index contributed by atoms with van der Waals surface area (Å²) in [6.45, 7) is 0.701. The van der Waals surface area contributed by atoms with Crippen molar-refractivity contribution < 1.29 is 13.3 Å². The second-order valence-electron chi connectivity index (χ2n) is 4.52. The summed E-state index contributed by atoms with van der Waals surface area (Å²) >= 11 is 3.03. The van der Waals surface area contributed by atoms with E-state index in [0.29, 0.717) is 6.54 Å². The second-order valence-corrected chi connectivity index (χ2v) is 7.26. The van der Waals surface area contributed by atoms with Gasteiger partial charge in [-0.3, -0.25) is 10.1 Å². The van der Waals surface area contributed by atoms with Crippen molar-refractivity contribution in [3.05, 3.63) is 32.8 Å². The number of nitro benzene ring substituents is 1. The lowest BCUT2D eigenvalue weighted by Gasteiger charge is -2.22. The summed E-state index contributed by atoms with van der Waals surface area (Å²) in [5.41, 5.74) is 5.42. The molecule has 0 saturated carbocycles. The Morgan fingerprint density at radius 3 is 2.75 bits per heavy atom. The molecule has 7 nitrogen and oxygen atoms in total. The number of nitrogens with two attached hydrogens (primary N) is 1. The van der Waals surface area contributed by atoms with Crippen molar-refractivity contribution in [1.29, 1.82) is 0 Å². The summed E-state index contributed by atoms with van der Waals surface area (Å²) < 4.78 is 26.6. The largest absolute Gasteiger partial charge is 0.329 e. The van der Waals surface area contributed by atoms with Crippen LogP contribution in [-0.2, 0) is 10.0 Å². The van der Waals surface area contributed by atoms with Crippen molar-refractivity contribution in [2.75, 3.05) is 13.1 Å². The topological polar surface area (TPSA) is 107 Å². The molecule has 0 amide bonds. The molecule has 1 aliphatic heterocycles. The number of sulfonamides is 1. The Bertz CT molecular complexity index is 635. The van der Waals surface area contributed by atoms with E-state index in [1.165, 1.54) is 22.5 Å². The van der Waals surface area contributed by atoms with E-state index in [1.54, 1.807) is 0 Å². The number of nitro groups is 1. The van der Waals surface area contributed by atoms with Gasteiger partial charge in [-0.25, -0.2) is 8.42 Å². The molecule has 20 heavy (non-hydrogen) atoms. The van der Waals surface area contributed by atoms with Gasteiger partial charge in [0.15, 0.2) is 0 Å². The molecule has 9 heteroatoms. The van der Waals surface area contributed by atoms with Crippen LogP contribution in [0, 0.1) is 10.1 Å². The summed E-state index contributed by atoms with van der Waals surface area (Å²) in [4.78, 5) is 10.2. The van der Waals surface area contributed by atoms with Gasteiger partial charge in [-0.2, -0.15) is 4.31 Å². The van der Waals surface area contributed by atoms with E-state index in [9.17, 15) is 18.5 Å². The van der Waals surface area contributed by atoms with E-state index < -0.39 is 14.9 Å². The third-order valence-corrected chi connectivity index (χ3v) is 5.90. The predicted octanol–water partition coefficient (Wildman–Crippen LogP) is 1.47. The summed E-state index contributed by atoms with van der Waals surface area (Å²) in [6.07, 6.45) is 1.51. The average Bonchev–Trinajstić information content (AvgIpc) is 2.87. The summed E-state index contributed by atoms with van der Waals surface area (Å²) in [7, 11) is -3.66. The summed E-state index contributed by atoms with van der Waals surface area (Å²) in [5, 5.41) is 10.7. The van der Waals surface area contributed by atoms with E-state index >= 15 is 0 Å². The molecule has 0 bridgehead atoms. The molecule has 1 saturated heterocycles. The third kappa shape index (κ3) is 2.71. The van der Waals surface area contributed by atoms with Crippen LogP contribution in [0.5, 0.6) is 0 Å². The lowest BCUT2D eigenvalue weighted by atomic mass is 10.2. The van der Waals surface area contributed by atoms with Gasteiger partial charge in [-0.05, 0) is 40.9 Å². The first-order chi connectivity index (χ1) is 9.37. The van der Waals surface area contributed by atoms with Crippen LogP contribution in [0.15, 0.2) is 27.6 Å². The van der Waals surface area contributed by atoms with Gasteiger partial charge in [0.2, 0.25) is 10.0 Å². The van der Waals surface area contributed by atoms with E-state index in [2.05, 4.69) is 15.9 Å². The van der Waals surface area contributed by atoms with Crippen LogP contribution < -0.4 is 5.73 Å². The van der Waals surface area contributed by atoms with Gasteiger partial charge in [-0.1, -0.05) is 0 Å². The number of nitrogens with zero attached hydrogens (tertiary/aromatic N) is 2. The molecule has 0 aliphatic carbocycles. The van der Waals surface area contributed by atoms with Crippen molar-refractivity contribution in [1.82, 2.24) is 4.31 Å². The van der Waals surface area contributed by atoms with Crippen LogP contribution in [0.3, 0.4) is 0 Å². The highest BCUT2D eigenvalue weighted by atomic mass is 79.9. The van der Waals surface area contributed by atoms with Crippen LogP contribution in [0.2, 0.25) is 0 Å². The molecule has 1 fully saturated rings. The lowest BCUT2D eigenvalue weighted by Crippen LogP contribution is -2.39. The fourth-order valence-electron chi connectivity index (χ4n) is 2.29. The number of halogens is 1. The Balaban J connectivity index is 2.40. The minimum absolute atomic E-state index is 0.0373. The highest BCUT2D eigenvalue weighted by Gasteiger charge is 2.35. The van der Waals surface area contributed by atoms with Gasteiger partial charge in [-0.15, -0.1) is 0 Å².